The van der Waals surface area contributed by atoms with Crippen LogP contribution in [0.2, 0.25) is 5.02 Å². The summed E-state index contributed by atoms with van der Waals surface area (Å²) in [6.45, 7) is 0. The fraction of sp³-hybridized carbons (Fsp3) is 0. The predicted molar refractivity (Wildman–Crippen MR) is 62.7 cm³/mol. The smallest absolute Gasteiger partial charge is 0.337 e. The molecule has 2 aromatic rings. The van der Waals surface area contributed by atoms with Crippen LogP contribution in [0.25, 0.3) is 0 Å². The molecule has 0 aliphatic carbocycles. The van der Waals surface area contributed by atoms with E-state index in [0.29, 0.717) is 16.5 Å². The lowest BCUT2D eigenvalue weighted by molar-refractivity contribution is 0.0696. The fourth-order valence-corrected chi connectivity index (χ4v) is 1.44. The molecule has 0 bridgehead atoms. The van der Waals surface area contributed by atoms with Crippen LogP contribution in [0.5, 0.6) is 11.5 Å². The number of carbonyl (C=O) groups is 1. The third kappa shape index (κ3) is 2.95. The normalized spacial score (nSPS) is 9.94. The van der Waals surface area contributed by atoms with Crippen molar-refractivity contribution in [1.29, 1.82) is 0 Å². The van der Waals surface area contributed by atoms with Crippen LogP contribution in [-0.2, 0) is 0 Å². The molecule has 0 aliphatic heterocycles. The minimum Gasteiger partial charge on any atom is -0.478 e. The lowest BCUT2D eigenvalue weighted by Gasteiger charge is -2.05. The molecule has 0 saturated heterocycles. The molecule has 1 heterocycles. The monoisotopic (exact) mass is 249 g/mol. The van der Waals surface area contributed by atoms with Crippen LogP contribution < -0.4 is 4.74 Å². The Bertz CT molecular complexity index is 557. The largest absolute Gasteiger partial charge is 0.478 e. The summed E-state index contributed by atoms with van der Waals surface area (Å²) in [7, 11) is 0. The number of rotatable bonds is 3. The van der Waals surface area contributed by atoms with Gasteiger partial charge in [-0.15, -0.1) is 0 Å². The standard InChI is InChI=1S/C12H8ClNO3/c13-9-2-1-3-10(5-9)17-11-4-8(12(15)16)6-14-7-11/h1-7H,(H,15,16). The first-order chi connectivity index (χ1) is 8.15. The van der Waals surface area contributed by atoms with Gasteiger partial charge in [-0.1, -0.05) is 17.7 Å². The average molecular weight is 250 g/mol. The summed E-state index contributed by atoms with van der Waals surface area (Å²) in [5, 5.41) is 9.35. The van der Waals surface area contributed by atoms with Crippen molar-refractivity contribution < 1.29 is 14.6 Å². The van der Waals surface area contributed by atoms with Crippen molar-refractivity contribution >= 4 is 17.6 Å². The molecule has 86 valence electrons. The molecule has 5 heteroatoms. The fourth-order valence-electron chi connectivity index (χ4n) is 1.26. The van der Waals surface area contributed by atoms with E-state index in [1.54, 1.807) is 24.3 Å². The van der Waals surface area contributed by atoms with E-state index in [0.717, 1.165) is 0 Å². The van der Waals surface area contributed by atoms with Gasteiger partial charge in [0.15, 0.2) is 0 Å². The summed E-state index contributed by atoms with van der Waals surface area (Å²) in [6, 6.07) is 8.22. The van der Waals surface area contributed by atoms with Crippen molar-refractivity contribution in [3.05, 3.63) is 53.3 Å². The van der Waals surface area contributed by atoms with Crippen LogP contribution in [0.15, 0.2) is 42.7 Å². The number of nitrogens with zero attached hydrogens (tertiary/aromatic N) is 1. The van der Waals surface area contributed by atoms with Crippen LogP contribution in [0.4, 0.5) is 0 Å². The molecule has 17 heavy (non-hydrogen) atoms. The second-order valence-electron chi connectivity index (χ2n) is 3.27. The van der Waals surface area contributed by atoms with Gasteiger partial charge in [-0.3, -0.25) is 4.98 Å². The van der Waals surface area contributed by atoms with Crippen molar-refractivity contribution in [1.82, 2.24) is 4.98 Å². The minimum atomic E-state index is -1.05. The number of carboxylic acids is 1. The number of halogens is 1. The Morgan fingerprint density at radius 1 is 1.24 bits per heavy atom. The predicted octanol–water partition coefficient (Wildman–Crippen LogP) is 3.23. The van der Waals surface area contributed by atoms with E-state index >= 15 is 0 Å². The molecule has 0 aliphatic rings. The molecule has 0 saturated carbocycles. The average Bonchev–Trinajstić information content (AvgIpc) is 2.29. The Kier molecular flexibility index (Phi) is 3.25. The number of aromatic nitrogens is 1. The van der Waals surface area contributed by atoms with Crippen LogP contribution >= 0.6 is 11.6 Å². The van der Waals surface area contributed by atoms with E-state index < -0.39 is 5.97 Å². The number of ether oxygens (including phenoxy) is 1. The van der Waals surface area contributed by atoms with Gasteiger partial charge in [0, 0.05) is 11.2 Å². The molecule has 0 fully saturated rings. The SMILES string of the molecule is O=C(O)c1cncc(Oc2cccc(Cl)c2)c1. The molecule has 0 atom stereocenters. The topological polar surface area (TPSA) is 59.4 Å². The van der Waals surface area contributed by atoms with E-state index in [1.807, 2.05) is 0 Å². The Labute approximate surface area is 102 Å². The summed E-state index contributed by atoms with van der Waals surface area (Å²) >= 11 is 5.80. The number of carboxylic acid groups (broad SMARTS) is 1. The van der Waals surface area contributed by atoms with Crippen molar-refractivity contribution in [2.75, 3.05) is 0 Å². The Hall–Kier alpha value is -2.07. The van der Waals surface area contributed by atoms with E-state index in [9.17, 15) is 4.79 Å². The lowest BCUT2D eigenvalue weighted by atomic mass is 10.3. The summed E-state index contributed by atoms with van der Waals surface area (Å²) in [5.41, 5.74) is 0.0736. The summed E-state index contributed by atoms with van der Waals surface area (Å²) < 4.78 is 5.44. The van der Waals surface area contributed by atoms with Gasteiger partial charge in [-0.2, -0.15) is 0 Å². The molecule has 1 N–H and O–H groups in total. The first kappa shape index (κ1) is 11.4. The highest BCUT2D eigenvalue weighted by molar-refractivity contribution is 6.30. The number of hydrogen-bond donors (Lipinski definition) is 1. The maximum Gasteiger partial charge on any atom is 0.337 e. The molecular weight excluding hydrogens is 242 g/mol. The highest BCUT2D eigenvalue weighted by Gasteiger charge is 2.05. The first-order valence-electron chi connectivity index (χ1n) is 4.77. The third-order valence-electron chi connectivity index (χ3n) is 1.99. The van der Waals surface area contributed by atoms with Crippen LogP contribution in [0.1, 0.15) is 10.4 Å². The molecule has 1 aromatic heterocycles. The molecule has 1 aromatic carbocycles. The summed E-state index contributed by atoms with van der Waals surface area (Å²) in [5.74, 6) is -0.164. The second-order valence-corrected chi connectivity index (χ2v) is 3.71. The van der Waals surface area contributed by atoms with Crippen molar-refractivity contribution in [3.8, 4) is 11.5 Å². The number of pyridine rings is 1. The number of aromatic carboxylic acids is 1. The zero-order valence-electron chi connectivity index (χ0n) is 8.63. The van der Waals surface area contributed by atoms with Gasteiger partial charge < -0.3 is 9.84 Å². The lowest BCUT2D eigenvalue weighted by Crippen LogP contribution is -1.97. The quantitative estimate of drug-likeness (QED) is 0.907. The molecule has 0 radical (unpaired) electrons. The molecular formula is C12H8ClNO3. The van der Waals surface area contributed by atoms with Crippen molar-refractivity contribution in [2.45, 2.75) is 0 Å². The van der Waals surface area contributed by atoms with Crippen LogP contribution in [0.3, 0.4) is 0 Å². The molecule has 4 nitrogen and oxygen atoms in total. The van der Waals surface area contributed by atoms with Crippen LogP contribution in [-0.4, -0.2) is 16.1 Å². The van der Waals surface area contributed by atoms with Gasteiger partial charge in [-0.05, 0) is 24.3 Å². The van der Waals surface area contributed by atoms with Gasteiger partial charge >= 0.3 is 5.97 Å². The van der Waals surface area contributed by atoms with Crippen LogP contribution in [0, 0.1) is 0 Å². The van der Waals surface area contributed by atoms with Gasteiger partial charge in [-0.25, -0.2) is 4.79 Å². The zero-order valence-corrected chi connectivity index (χ0v) is 9.39. The van der Waals surface area contributed by atoms with Gasteiger partial charge in [0.25, 0.3) is 0 Å². The maximum atomic E-state index is 10.7. The Morgan fingerprint density at radius 2 is 2.06 bits per heavy atom. The molecule has 0 unspecified atom stereocenters. The Morgan fingerprint density at radius 3 is 2.76 bits per heavy atom. The molecule has 0 spiro atoms. The van der Waals surface area contributed by atoms with E-state index in [-0.39, 0.29) is 5.56 Å². The molecule has 0 amide bonds. The van der Waals surface area contributed by atoms with E-state index in [1.165, 1.54) is 18.5 Å². The highest BCUT2D eigenvalue weighted by Crippen LogP contribution is 2.23. The highest BCUT2D eigenvalue weighted by atomic mass is 35.5. The van der Waals surface area contributed by atoms with Crippen molar-refractivity contribution in [3.63, 3.8) is 0 Å². The van der Waals surface area contributed by atoms with Crippen molar-refractivity contribution in [2.24, 2.45) is 0 Å². The first-order valence-corrected chi connectivity index (χ1v) is 5.15. The summed E-state index contributed by atoms with van der Waals surface area (Å²) in [4.78, 5) is 14.5. The third-order valence-corrected chi connectivity index (χ3v) is 2.23. The summed E-state index contributed by atoms with van der Waals surface area (Å²) in [6.07, 6.45) is 2.69. The van der Waals surface area contributed by atoms with E-state index in [2.05, 4.69) is 4.98 Å². The van der Waals surface area contributed by atoms with Gasteiger partial charge in [0.05, 0.1) is 11.8 Å². The van der Waals surface area contributed by atoms with Gasteiger partial charge in [0.1, 0.15) is 11.5 Å². The maximum absolute atomic E-state index is 10.7. The van der Waals surface area contributed by atoms with E-state index in [4.69, 9.17) is 21.4 Å². The second kappa shape index (κ2) is 4.84. The Balaban J connectivity index is 2.24. The zero-order chi connectivity index (χ0) is 12.3. The van der Waals surface area contributed by atoms with Gasteiger partial charge in [0.2, 0.25) is 0 Å². The molecule has 2 rings (SSSR count). The number of benzene rings is 1. The number of hydrogen-bond acceptors (Lipinski definition) is 3. The minimum absolute atomic E-state index is 0.0736.